The summed E-state index contributed by atoms with van der Waals surface area (Å²) in [5.74, 6) is 0.334. The maximum absolute atomic E-state index is 2.56. The monoisotopic (exact) mass is 720 g/mol. The molecule has 3 heteroatoms. The van der Waals surface area contributed by atoms with E-state index in [1.807, 2.05) is 11.3 Å². The van der Waals surface area contributed by atoms with Crippen LogP contribution in [-0.2, 0) is 0 Å². The summed E-state index contributed by atoms with van der Waals surface area (Å²) in [5, 5.41) is 5.06. The molecule has 8 aromatic carbocycles. The van der Waals surface area contributed by atoms with Gasteiger partial charge in [-0.05, 0) is 82.2 Å². The van der Waals surface area contributed by atoms with Crippen LogP contribution >= 0.6 is 11.3 Å². The van der Waals surface area contributed by atoms with Crippen molar-refractivity contribution in [3.05, 3.63) is 212 Å². The Balaban J connectivity index is 1.06. The highest BCUT2D eigenvalue weighted by molar-refractivity contribution is 7.26. The highest BCUT2D eigenvalue weighted by Crippen LogP contribution is 2.51. The lowest BCUT2D eigenvalue weighted by Gasteiger charge is -2.29. The number of nitrogens with zero attached hydrogens (tertiary/aromatic N) is 2. The van der Waals surface area contributed by atoms with Gasteiger partial charge in [0.2, 0.25) is 0 Å². The molecule has 0 N–H and O–H groups in total. The SMILES string of the molecule is C1=CC2c3ccccc3N(c3cc(-c4ccc(N(c5ccc(-c6ccccc6)cc5)c5cccc6ccccc56)cc4)c4sc5ccccc5c4c3)C2C=C1. The van der Waals surface area contributed by atoms with E-state index in [0.717, 1.165) is 17.1 Å². The van der Waals surface area contributed by atoms with Crippen LogP contribution in [0.25, 0.3) is 53.2 Å². The minimum atomic E-state index is 0.238. The third-order valence-electron chi connectivity index (χ3n) is 11.4. The molecule has 9 aromatic rings. The Labute approximate surface area is 325 Å². The molecule has 0 fully saturated rings. The van der Waals surface area contributed by atoms with E-state index in [0.29, 0.717) is 5.92 Å². The Morgan fingerprint density at radius 2 is 1.15 bits per heavy atom. The maximum Gasteiger partial charge on any atom is 0.0629 e. The van der Waals surface area contributed by atoms with Crippen molar-refractivity contribution in [2.45, 2.75) is 12.0 Å². The Morgan fingerprint density at radius 1 is 0.491 bits per heavy atom. The molecule has 2 nitrogen and oxygen atoms in total. The van der Waals surface area contributed by atoms with Gasteiger partial charge < -0.3 is 9.80 Å². The first-order valence-corrected chi connectivity index (χ1v) is 19.8. The minimum Gasteiger partial charge on any atom is -0.333 e. The van der Waals surface area contributed by atoms with Crippen LogP contribution in [0.1, 0.15) is 11.5 Å². The third-order valence-corrected chi connectivity index (χ3v) is 12.6. The van der Waals surface area contributed by atoms with Crippen LogP contribution in [0, 0.1) is 0 Å². The molecule has 260 valence electrons. The van der Waals surface area contributed by atoms with E-state index < -0.39 is 0 Å². The number of allylic oxidation sites excluding steroid dienone is 2. The van der Waals surface area contributed by atoms with Crippen LogP contribution in [0.15, 0.2) is 206 Å². The Hall–Kier alpha value is -6.68. The second-order valence-electron chi connectivity index (χ2n) is 14.5. The topological polar surface area (TPSA) is 6.48 Å². The molecule has 11 rings (SSSR count). The molecular formula is C52H36N2S. The molecule has 0 amide bonds. The van der Waals surface area contributed by atoms with E-state index in [2.05, 4.69) is 216 Å². The van der Waals surface area contributed by atoms with E-state index in [9.17, 15) is 0 Å². The fraction of sp³-hybridized carbons (Fsp3) is 0.0385. The smallest absolute Gasteiger partial charge is 0.0629 e. The van der Waals surface area contributed by atoms with E-state index in [4.69, 9.17) is 0 Å². The molecule has 2 atom stereocenters. The van der Waals surface area contributed by atoms with Gasteiger partial charge in [-0.1, -0.05) is 152 Å². The normalized spacial score (nSPS) is 15.8. The van der Waals surface area contributed by atoms with Gasteiger partial charge in [0.15, 0.2) is 0 Å². The number of hydrogen-bond donors (Lipinski definition) is 0. The number of rotatable bonds is 6. The summed E-state index contributed by atoms with van der Waals surface area (Å²) in [7, 11) is 0. The van der Waals surface area contributed by atoms with Crippen molar-refractivity contribution in [1.29, 1.82) is 0 Å². The van der Waals surface area contributed by atoms with E-state index >= 15 is 0 Å². The van der Waals surface area contributed by atoms with Crippen LogP contribution in [0.3, 0.4) is 0 Å². The molecule has 0 bridgehead atoms. The minimum absolute atomic E-state index is 0.238. The highest BCUT2D eigenvalue weighted by atomic mass is 32.1. The zero-order valence-corrected chi connectivity index (χ0v) is 30.9. The summed E-state index contributed by atoms with van der Waals surface area (Å²) in [6, 6.07) is 67.0. The lowest BCUT2D eigenvalue weighted by atomic mass is 9.91. The van der Waals surface area contributed by atoms with Gasteiger partial charge in [-0.15, -0.1) is 11.3 Å². The molecule has 1 aromatic heterocycles. The van der Waals surface area contributed by atoms with Gasteiger partial charge in [-0.3, -0.25) is 0 Å². The Morgan fingerprint density at radius 3 is 1.98 bits per heavy atom. The van der Waals surface area contributed by atoms with Crippen LogP contribution in [0.2, 0.25) is 0 Å². The Kier molecular flexibility index (Phi) is 7.53. The van der Waals surface area contributed by atoms with Crippen molar-refractivity contribution in [2.24, 2.45) is 0 Å². The molecule has 0 saturated heterocycles. The molecule has 2 unspecified atom stereocenters. The number of para-hydroxylation sites is 1. The van der Waals surface area contributed by atoms with Gasteiger partial charge in [0, 0.05) is 59.8 Å². The average molecular weight is 721 g/mol. The summed E-state index contributed by atoms with van der Waals surface area (Å²) in [4.78, 5) is 4.96. The van der Waals surface area contributed by atoms with Crippen molar-refractivity contribution in [1.82, 2.24) is 0 Å². The number of thiophene rings is 1. The van der Waals surface area contributed by atoms with Gasteiger partial charge >= 0.3 is 0 Å². The largest absolute Gasteiger partial charge is 0.333 e. The fourth-order valence-electron chi connectivity index (χ4n) is 8.81. The lowest BCUT2D eigenvalue weighted by molar-refractivity contribution is 0.745. The number of hydrogen-bond acceptors (Lipinski definition) is 3. The van der Waals surface area contributed by atoms with Crippen LogP contribution < -0.4 is 9.80 Å². The molecule has 0 radical (unpaired) electrons. The van der Waals surface area contributed by atoms with Crippen molar-refractivity contribution in [2.75, 3.05) is 9.80 Å². The van der Waals surface area contributed by atoms with Gasteiger partial charge in [0.25, 0.3) is 0 Å². The predicted octanol–water partition coefficient (Wildman–Crippen LogP) is 14.7. The summed E-state index contributed by atoms with van der Waals surface area (Å²) >= 11 is 1.89. The molecule has 2 aliphatic rings. The highest BCUT2D eigenvalue weighted by Gasteiger charge is 2.37. The number of anilines is 5. The summed E-state index contributed by atoms with van der Waals surface area (Å²) < 4.78 is 2.64. The molecule has 0 saturated carbocycles. The van der Waals surface area contributed by atoms with Crippen molar-refractivity contribution < 1.29 is 0 Å². The third kappa shape index (κ3) is 5.31. The second kappa shape index (κ2) is 13.0. The first kappa shape index (κ1) is 31.8. The van der Waals surface area contributed by atoms with Crippen LogP contribution in [-0.4, -0.2) is 6.04 Å². The van der Waals surface area contributed by atoms with Gasteiger partial charge in [0.1, 0.15) is 0 Å². The fourth-order valence-corrected chi connectivity index (χ4v) is 10.0. The molecule has 1 aliphatic heterocycles. The van der Waals surface area contributed by atoms with E-state index in [1.54, 1.807) is 0 Å². The molecule has 0 spiro atoms. The maximum atomic E-state index is 2.56. The zero-order chi connectivity index (χ0) is 36.3. The molecular weight excluding hydrogens is 685 g/mol. The molecule has 55 heavy (non-hydrogen) atoms. The van der Waals surface area contributed by atoms with Crippen LogP contribution in [0.5, 0.6) is 0 Å². The van der Waals surface area contributed by atoms with E-state index in [-0.39, 0.29) is 6.04 Å². The number of benzene rings is 8. The predicted molar refractivity (Wildman–Crippen MR) is 236 cm³/mol. The van der Waals surface area contributed by atoms with E-state index in [1.165, 1.54) is 70.1 Å². The first-order valence-electron chi connectivity index (χ1n) is 19.0. The second-order valence-corrected chi connectivity index (χ2v) is 15.5. The van der Waals surface area contributed by atoms with Crippen molar-refractivity contribution in [3.8, 4) is 22.3 Å². The molecule has 2 heterocycles. The van der Waals surface area contributed by atoms with Gasteiger partial charge in [-0.2, -0.15) is 0 Å². The zero-order valence-electron chi connectivity index (χ0n) is 30.1. The summed E-state index contributed by atoms with van der Waals surface area (Å²) in [6.45, 7) is 0. The standard InChI is InChI=1S/C52H36N2S/c1-2-13-35(14-3-1)36-25-29-39(30-26-36)53(48-23-12-16-37-15-4-5-17-42(37)48)40-31-27-38(28-32-40)46-33-41(34-47-45-20-8-11-24-51(45)55-52(46)47)54-49-21-9-6-18-43(49)44-19-7-10-22-50(44)54/h1-34,43,49H. The van der Waals surface area contributed by atoms with Gasteiger partial charge in [-0.25, -0.2) is 0 Å². The molecule has 1 aliphatic carbocycles. The average Bonchev–Trinajstić information content (AvgIpc) is 3.80. The van der Waals surface area contributed by atoms with Crippen molar-refractivity contribution in [3.63, 3.8) is 0 Å². The quantitative estimate of drug-likeness (QED) is 0.169. The lowest BCUT2D eigenvalue weighted by Crippen LogP contribution is -2.28. The number of fused-ring (bicyclic) bond motifs is 7. The van der Waals surface area contributed by atoms with Crippen LogP contribution in [0.4, 0.5) is 28.4 Å². The first-order chi connectivity index (χ1) is 27.3. The Bertz CT molecular complexity index is 2930. The summed E-state index contributed by atoms with van der Waals surface area (Å²) in [5.41, 5.74) is 12.2. The summed E-state index contributed by atoms with van der Waals surface area (Å²) in [6.07, 6.45) is 9.13. The van der Waals surface area contributed by atoms with Gasteiger partial charge in [0.05, 0.1) is 11.7 Å². The van der Waals surface area contributed by atoms with Crippen molar-refractivity contribution >= 4 is 70.7 Å².